The fourth-order valence-corrected chi connectivity index (χ4v) is 6.00. The number of rotatable bonds is 8. The molecule has 3 aliphatic rings. The Hall–Kier alpha value is -3.21. The average molecular weight is 546 g/mol. The van der Waals surface area contributed by atoms with Gasteiger partial charge in [-0.05, 0) is 62.8 Å². The standard InChI is InChI=1S/C28H40FN5O5/c1-39-27(37)23(15-18-7-3-2-4-8-18)33-25(35)24-17-21(12-14-34(24)26(36)22-11-6-13-30-22)32-28(38)31-20-10-5-9-19(29)16-20/h5,9-10,16,18,21-24,30H,2-4,6-8,11-15,17H2,1H3,(H,33,35)(H2,31,32,38). The number of esters is 1. The molecule has 0 spiro atoms. The molecule has 0 bridgehead atoms. The van der Waals surface area contributed by atoms with E-state index in [1.165, 1.54) is 31.7 Å². The molecule has 4 unspecified atom stereocenters. The minimum Gasteiger partial charge on any atom is -0.467 e. The zero-order valence-corrected chi connectivity index (χ0v) is 22.5. The van der Waals surface area contributed by atoms with Crippen LogP contribution in [0.25, 0.3) is 0 Å². The zero-order valence-electron chi connectivity index (χ0n) is 22.5. The lowest BCUT2D eigenvalue weighted by molar-refractivity contribution is -0.148. The summed E-state index contributed by atoms with van der Waals surface area (Å²) in [6.07, 6.45) is 8.16. The zero-order chi connectivity index (χ0) is 27.8. The fourth-order valence-electron chi connectivity index (χ4n) is 6.00. The number of nitrogens with zero attached hydrogens (tertiary/aromatic N) is 1. The number of piperidine rings is 1. The van der Waals surface area contributed by atoms with Crippen molar-refractivity contribution >= 4 is 29.5 Å². The second-order valence-corrected chi connectivity index (χ2v) is 10.9. The van der Waals surface area contributed by atoms with E-state index in [0.717, 1.165) is 38.6 Å². The molecular weight excluding hydrogens is 505 g/mol. The van der Waals surface area contributed by atoms with E-state index >= 15 is 0 Å². The number of nitrogens with one attached hydrogen (secondary N) is 4. The van der Waals surface area contributed by atoms with E-state index in [1.807, 2.05) is 0 Å². The van der Waals surface area contributed by atoms with Crippen molar-refractivity contribution in [3.05, 3.63) is 30.1 Å². The Morgan fingerprint density at radius 3 is 2.59 bits per heavy atom. The summed E-state index contributed by atoms with van der Waals surface area (Å²) >= 11 is 0. The molecule has 1 aliphatic carbocycles. The highest BCUT2D eigenvalue weighted by Crippen LogP contribution is 2.28. The van der Waals surface area contributed by atoms with Gasteiger partial charge < -0.3 is 30.9 Å². The van der Waals surface area contributed by atoms with Gasteiger partial charge in [0, 0.05) is 18.3 Å². The first-order chi connectivity index (χ1) is 18.8. The van der Waals surface area contributed by atoms with Crippen molar-refractivity contribution in [1.29, 1.82) is 0 Å². The van der Waals surface area contributed by atoms with Gasteiger partial charge in [-0.3, -0.25) is 9.59 Å². The third kappa shape index (κ3) is 7.90. The molecule has 39 heavy (non-hydrogen) atoms. The normalized spacial score (nSPS) is 24.5. The van der Waals surface area contributed by atoms with Gasteiger partial charge in [0.15, 0.2) is 0 Å². The molecule has 4 rings (SSSR count). The van der Waals surface area contributed by atoms with Gasteiger partial charge in [0.25, 0.3) is 0 Å². The number of hydrogen-bond acceptors (Lipinski definition) is 6. The molecule has 0 radical (unpaired) electrons. The van der Waals surface area contributed by atoms with Crippen molar-refractivity contribution in [1.82, 2.24) is 20.9 Å². The van der Waals surface area contributed by atoms with E-state index in [0.29, 0.717) is 30.9 Å². The molecule has 2 heterocycles. The lowest BCUT2D eigenvalue weighted by Crippen LogP contribution is -2.61. The van der Waals surface area contributed by atoms with Crippen molar-refractivity contribution in [2.45, 2.75) is 88.4 Å². The number of carbonyl (C=O) groups is 4. The van der Waals surface area contributed by atoms with Crippen LogP contribution < -0.4 is 21.3 Å². The Kier molecular flexibility index (Phi) is 10.1. The fraction of sp³-hybridized carbons (Fsp3) is 0.643. The monoisotopic (exact) mass is 545 g/mol. The molecule has 10 nitrogen and oxygen atoms in total. The maximum Gasteiger partial charge on any atom is 0.328 e. The van der Waals surface area contributed by atoms with Gasteiger partial charge in [-0.15, -0.1) is 0 Å². The SMILES string of the molecule is COC(=O)C(CC1CCCCC1)NC(=O)C1CC(NC(=O)Nc2cccc(F)c2)CCN1C(=O)C1CCCN1. The third-order valence-electron chi connectivity index (χ3n) is 8.06. The Balaban J connectivity index is 1.45. The quantitative estimate of drug-likeness (QED) is 0.372. The van der Waals surface area contributed by atoms with E-state index in [1.54, 1.807) is 11.0 Å². The summed E-state index contributed by atoms with van der Waals surface area (Å²) in [5, 5.41) is 11.6. The average Bonchev–Trinajstić information content (AvgIpc) is 3.47. The summed E-state index contributed by atoms with van der Waals surface area (Å²) in [6.45, 7) is 1.03. The van der Waals surface area contributed by atoms with Gasteiger partial charge >= 0.3 is 12.0 Å². The van der Waals surface area contributed by atoms with Crippen molar-refractivity contribution in [2.24, 2.45) is 5.92 Å². The van der Waals surface area contributed by atoms with Crippen LogP contribution in [-0.2, 0) is 19.1 Å². The summed E-state index contributed by atoms with van der Waals surface area (Å²) in [5.74, 6) is -1.20. The van der Waals surface area contributed by atoms with Crippen LogP contribution in [0.2, 0.25) is 0 Å². The predicted octanol–water partition coefficient (Wildman–Crippen LogP) is 2.69. The van der Waals surface area contributed by atoms with Crippen LogP contribution in [0.4, 0.5) is 14.9 Å². The van der Waals surface area contributed by atoms with Crippen LogP contribution in [0, 0.1) is 11.7 Å². The van der Waals surface area contributed by atoms with Gasteiger partial charge in [-0.2, -0.15) is 0 Å². The summed E-state index contributed by atoms with van der Waals surface area (Å²) in [7, 11) is 1.31. The summed E-state index contributed by atoms with van der Waals surface area (Å²) in [6, 6.07) is 2.66. The molecule has 2 saturated heterocycles. The van der Waals surface area contributed by atoms with E-state index in [-0.39, 0.29) is 24.9 Å². The van der Waals surface area contributed by atoms with Crippen LogP contribution in [0.1, 0.15) is 64.2 Å². The lowest BCUT2D eigenvalue weighted by atomic mass is 9.84. The molecule has 2 aliphatic heterocycles. The maximum atomic E-state index is 13.7. The predicted molar refractivity (Wildman–Crippen MR) is 143 cm³/mol. The van der Waals surface area contributed by atoms with Gasteiger partial charge in [-0.25, -0.2) is 14.0 Å². The molecule has 1 saturated carbocycles. The van der Waals surface area contributed by atoms with E-state index in [4.69, 9.17) is 4.74 Å². The Morgan fingerprint density at radius 1 is 1.10 bits per heavy atom. The molecule has 4 amide bonds. The van der Waals surface area contributed by atoms with Crippen LogP contribution >= 0.6 is 0 Å². The molecular formula is C28H40FN5O5. The molecule has 4 atom stereocenters. The number of anilines is 1. The minimum atomic E-state index is -0.855. The molecule has 214 valence electrons. The first kappa shape index (κ1) is 28.8. The van der Waals surface area contributed by atoms with Crippen LogP contribution in [-0.4, -0.2) is 73.1 Å². The van der Waals surface area contributed by atoms with Gasteiger partial charge in [-0.1, -0.05) is 38.2 Å². The number of likely N-dealkylation sites (tertiary alicyclic amines) is 1. The van der Waals surface area contributed by atoms with Gasteiger partial charge in [0.1, 0.15) is 17.9 Å². The summed E-state index contributed by atoms with van der Waals surface area (Å²) in [4.78, 5) is 53.8. The topological polar surface area (TPSA) is 129 Å². The Bertz CT molecular complexity index is 1030. The first-order valence-electron chi connectivity index (χ1n) is 14.1. The highest BCUT2D eigenvalue weighted by Gasteiger charge is 2.41. The van der Waals surface area contributed by atoms with Crippen molar-refractivity contribution in [3.63, 3.8) is 0 Å². The Labute approximate surface area is 228 Å². The number of benzene rings is 1. The summed E-state index contributed by atoms with van der Waals surface area (Å²) in [5.41, 5.74) is 0.311. The number of methoxy groups -OCH3 is 1. The summed E-state index contributed by atoms with van der Waals surface area (Å²) < 4.78 is 18.5. The number of urea groups is 1. The molecule has 4 N–H and O–H groups in total. The van der Waals surface area contributed by atoms with Crippen molar-refractivity contribution in [2.75, 3.05) is 25.5 Å². The first-order valence-corrected chi connectivity index (χ1v) is 14.1. The lowest BCUT2D eigenvalue weighted by Gasteiger charge is -2.40. The molecule has 3 fully saturated rings. The highest BCUT2D eigenvalue weighted by molar-refractivity contribution is 5.93. The van der Waals surface area contributed by atoms with Crippen molar-refractivity contribution in [3.8, 4) is 0 Å². The molecule has 0 aromatic heterocycles. The van der Waals surface area contributed by atoms with Crippen LogP contribution in [0.15, 0.2) is 24.3 Å². The Morgan fingerprint density at radius 2 is 1.90 bits per heavy atom. The number of halogens is 1. The smallest absolute Gasteiger partial charge is 0.328 e. The second-order valence-electron chi connectivity index (χ2n) is 10.9. The number of amides is 4. The van der Waals surface area contributed by atoms with Crippen molar-refractivity contribution < 1.29 is 28.3 Å². The second kappa shape index (κ2) is 13.7. The molecule has 11 heteroatoms. The highest BCUT2D eigenvalue weighted by atomic mass is 19.1. The van der Waals surface area contributed by atoms with Gasteiger partial charge in [0.2, 0.25) is 11.8 Å². The largest absolute Gasteiger partial charge is 0.467 e. The molecule has 1 aromatic rings. The van der Waals surface area contributed by atoms with Crippen LogP contribution in [0.3, 0.4) is 0 Å². The number of ether oxygens (including phenoxy) is 1. The number of hydrogen-bond donors (Lipinski definition) is 4. The van der Waals surface area contributed by atoms with E-state index < -0.39 is 41.9 Å². The maximum absolute atomic E-state index is 13.7. The molecule has 1 aromatic carbocycles. The van der Waals surface area contributed by atoms with E-state index in [9.17, 15) is 23.6 Å². The van der Waals surface area contributed by atoms with Gasteiger partial charge in [0.05, 0.1) is 13.2 Å². The minimum absolute atomic E-state index is 0.141. The van der Waals surface area contributed by atoms with E-state index in [2.05, 4.69) is 21.3 Å². The number of carbonyl (C=O) groups excluding carboxylic acids is 4. The third-order valence-corrected chi connectivity index (χ3v) is 8.06. The van der Waals surface area contributed by atoms with Crippen LogP contribution in [0.5, 0.6) is 0 Å².